The summed E-state index contributed by atoms with van der Waals surface area (Å²) in [6.45, 7) is 4.20. The SMILES string of the molecule is CCc1cccc2c(Br)c(C(C)N)n(C)c12. The van der Waals surface area contributed by atoms with Gasteiger partial charge in [-0.3, -0.25) is 0 Å². The Kier molecular flexibility index (Phi) is 3.08. The van der Waals surface area contributed by atoms with E-state index in [-0.39, 0.29) is 6.04 Å². The second-order valence-corrected chi connectivity index (χ2v) is 5.01. The maximum Gasteiger partial charge on any atom is 0.0524 e. The van der Waals surface area contributed by atoms with Gasteiger partial charge in [-0.25, -0.2) is 0 Å². The van der Waals surface area contributed by atoms with E-state index < -0.39 is 0 Å². The third-order valence-electron chi connectivity index (χ3n) is 3.09. The third-order valence-corrected chi connectivity index (χ3v) is 3.92. The van der Waals surface area contributed by atoms with Crippen molar-refractivity contribution in [2.75, 3.05) is 0 Å². The second kappa shape index (κ2) is 4.22. The lowest BCUT2D eigenvalue weighted by atomic mass is 10.1. The molecule has 1 aromatic heterocycles. The number of aromatic nitrogens is 1. The van der Waals surface area contributed by atoms with Crippen molar-refractivity contribution >= 4 is 26.8 Å². The highest BCUT2D eigenvalue weighted by atomic mass is 79.9. The Hall–Kier alpha value is -0.800. The Labute approximate surface area is 105 Å². The zero-order chi connectivity index (χ0) is 11.9. The normalized spacial score (nSPS) is 13.3. The first-order valence-electron chi connectivity index (χ1n) is 5.59. The molecule has 1 atom stereocenters. The highest BCUT2D eigenvalue weighted by Crippen LogP contribution is 2.34. The van der Waals surface area contributed by atoms with E-state index >= 15 is 0 Å². The number of rotatable bonds is 2. The molecule has 1 unspecified atom stereocenters. The first kappa shape index (κ1) is 11.7. The van der Waals surface area contributed by atoms with Crippen molar-refractivity contribution < 1.29 is 0 Å². The number of halogens is 1. The van der Waals surface area contributed by atoms with Gasteiger partial charge in [0.25, 0.3) is 0 Å². The number of aryl methyl sites for hydroxylation is 2. The maximum atomic E-state index is 6.02. The smallest absolute Gasteiger partial charge is 0.0524 e. The highest BCUT2D eigenvalue weighted by Gasteiger charge is 2.17. The minimum Gasteiger partial charge on any atom is -0.345 e. The summed E-state index contributed by atoms with van der Waals surface area (Å²) in [7, 11) is 2.09. The van der Waals surface area contributed by atoms with Crippen LogP contribution in [0.3, 0.4) is 0 Å². The quantitative estimate of drug-likeness (QED) is 0.897. The van der Waals surface area contributed by atoms with Crippen molar-refractivity contribution in [2.45, 2.75) is 26.3 Å². The molecule has 0 aliphatic heterocycles. The highest BCUT2D eigenvalue weighted by molar-refractivity contribution is 9.10. The summed E-state index contributed by atoms with van der Waals surface area (Å²) in [4.78, 5) is 0. The Morgan fingerprint density at radius 1 is 1.44 bits per heavy atom. The number of hydrogen-bond acceptors (Lipinski definition) is 1. The standard InChI is InChI=1S/C13H17BrN2/c1-4-9-6-5-7-10-11(14)12(8(2)15)16(3)13(9)10/h5-8H,4,15H2,1-3H3. The van der Waals surface area contributed by atoms with Crippen LogP contribution in [0.25, 0.3) is 10.9 Å². The molecule has 3 heteroatoms. The number of para-hydroxylation sites is 1. The molecule has 0 fully saturated rings. The van der Waals surface area contributed by atoms with Gasteiger partial charge in [0.1, 0.15) is 0 Å². The zero-order valence-corrected chi connectivity index (χ0v) is 11.5. The lowest BCUT2D eigenvalue weighted by molar-refractivity contribution is 0.721. The lowest BCUT2D eigenvalue weighted by Gasteiger charge is -2.09. The fourth-order valence-corrected chi connectivity index (χ4v) is 3.31. The Bertz CT molecular complexity index is 526. The van der Waals surface area contributed by atoms with Crippen molar-refractivity contribution in [3.63, 3.8) is 0 Å². The molecule has 0 amide bonds. The number of benzene rings is 1. The first-order chi connectivity index (χ1) is 7.57. The first-order valence-corrected chi connectivity index (χ1v) is 6.38. The second-order valence-electron chi connectivity index (χ2n) is 4.21. The van der Waals surface area contributed by atoms with Crippen LogP contribution < -0.4 is 5.73 Å². The lowest BCUT2D eigenvalue weighted by Crippen LogP contribution is -2.10. The molecule has 0 aliphatic carbocycles. The number of fused-ring (bicyclic) bond motifs is 1. The van der Waals surface area contributed by atoms with E-state index in [1.165, 1.54) is 16.5 Å². The summed E-state index contributed by atoms with van der Waals surface area (Å²) in [5.41, 5.74) is 9.85. The monoisotopic (exact) mass is 280 g/mol. The summed E-state index contributed by atoms with van der Waals surface area (Å²) < 4.78 is 3.35. The molecule has 2 nitrogen and oxygen atoms in total. The molecule has 0 radical (unpaired) electrons. The van der Waals surface area contributed by atoms with E-state index in [0.717, 1.165) is 16.6 Å². The van der Waals surface area contributed by atoms with Crippen LogP contribution in [0.15, 0.2) is 22.7 Å². The van der Waals surface area contributed by atoms with Gasteiger partial charge < -0.3 is 10.3 Å². The van der Waals surface area contributed by atoms with E-state index in [4.69, 9.17) is 5.73 Å². The fraction of sp³-hybridized carbons (Fsp3) is 0.385. The van der Waals surface area contributed by atoms with Crippen molar-refractivity contribution in [2.24, 2.45) is 12.8 Å². The van der Waals surface area contributed by atoms with E-state index in [0.29, 0.717) is 0 Å². The predicted octanol–water partition coefficient (Wildman–Crippen LogP) is 3.52. The summed E-state index contributed by atoms with van der Waals surface area (Å²) in [6.07, 6.45) is 1.04. The molecule has 16 heavy (non-hydrogen) atoms. The molecule has 0 saturated heterocycles. The predicted molar refractivity (Wildman–Crippen MR) is 72.6 cm³/mol. The van der Waals surface area contributed by atoms with E-state index in [1.807, 2.05) is 6.92 Å². The molecule has 0 bridgehead atoms. The largest absolute Gasteiger partial charge is 0.345 e. The van der Waals surface area contributed by atoms with Crippen molar-refractivity contribution in [1.29, 1.82) is 0 Å². The van der Waals surface area contributed by atoms with Crippen LogP contribution in [0.1, 0.15) is 31.1 Å². The van der Waals surface area contributed by atoms with Gasteiger partial charge in [0.05, 0.1) is 5.52 Å². The van der Waals surface area contributed by atoms with Gasteiger partial charge >= 0.3 is 0 Å². The molecule has 0 saturated carbocycles. The Balaban J connectivity index is 2.88. The van der Waals surface area contributed by atoms with Crippen LogP contribution in [0, 0.1) is 0 Å². The molecule has 2 rings (SSSR count). The van der Waals surface area contributed by atoms with Crippen LogP contribution in [-0.4, -0.2) is 4.57 Å². The van der Waals surface area contributed by atoms with Gasteiger partial charge in [-0.15, -0.1) is 0 Å². The van der Waals surface area contributed by atoms with Gasteiger partial charge in [-0.05, 0) is 34.8 Å². The van der Waals surface area contributed by atoms with Gasteiger partial charge in [-0.2, -0.15) is 0 Å². The van der Waals surface area contributed by atoms with Gasteiger partial charge in [-0.1, -0.05) is 25.1 Å². The summed E-state index contributed by atoms with van der Waals surface area (Å²) >= 11 is 3.67. The molecular weight excluding hydrogens is 264 g/mol. The van der Waals surface area contributed by atoms with Crippen molar-refractivity contribution in [3.05, 3.63) is 33.9 Å². The van der Waals surface area contributed by atoms with Crippen LogP contribution >= 0.6 is 15.9 Å². The molecule has 1 heterocycles. The number of nitrogens with two attached hydrogens (primary N) is 1. The van der Waals surface area contributed by atoms with Crippen LogP contribution in [0.4, 0.5) is 0 Å². The molecule has 0 spiro atoms. The molecule has 2 aromatic rings. The van der Waals surface area contributed by atoms with Gasteiger partial charge in [0.2, 0.25) is 0 Å². The molecule has 2 N–H and O–H groups in total. The zero-order valence-electron chi connectivity index (χ0n) is 9.92. The van der Waals surface area contributed by atoms with E-state index in [2.05, 4.69) is 52.7 Å². The fourth-order valence-electron chi connectivity index (χ4n) is 2.36. The van der Waals surface area contributed by atoms with E-state index in [1.54, 1.807) is 0 Å². The maximum absolute atomic E-state index is 6.02. The Morgan fingerprint density at radius 2 is 2.12 bits per heavy atom. The molecule has 0 aliphatic rings. The van der Waals surface area contributed by atoms with Crippen LogP contribution in [0.2, 0.25) is 0 Å². The average Bonchev–Trinajstić information content (AvgIpc) is 2.51. The summed E-state index contributed by atoms with van der Waals surface area (Å²) in [5, 5.41) is 1.26. The summed E-state index contributed by atoms with van der Waals surface area (Å²) in [5.74, 6) is 0. The minimum absolute atomic E-state index is 0.0384. The number of nitrogens with zero attached hydrogens (tertiary/aromatic N) is 1. The van der Waals surface area contributed by atoms with Crippen molar-refractivity contribution in [3.8, 4) is 0 Å². The van der Waals surface area contributed by atoms with Crippen LogP contribution in [-0.2, 0) is 13.5 Å². The molecular formula is C13H17BrN2. The molecule has 1 aromatic carbocycles. The topological polar surface area (TPSA) is 30.9 Å². The molecule has 86 valence electrons. The van der Waals surface area contributed by atoms with Gasteiger partial charge in [0.15, 0.2) is 0 Å². The van der Waals surface area contributed by atoms with Crippen LogP contribution in [0.5, 0.6) is 0 Å². The van der Waals surface area contributed by atoms with Crippen molar-refractivity contribution in [1.82, 2.24) is 4.57 Å². The average molecular weight is 281 g/mol. The summed E-state index contributed by atoms with van der Waals surface area (Å²) in [6, 6.07) is 6.47. The third kappa shape index (κ3) is 1.59. The number of hydrogen-bond donors (Lipinski definition) is 1. The Morgan fingerprint density at radius 3 is 2.69 bits per heavy atom. The minimum atomic E-state index is 0.0384. The van der Waals surface area contributed by atoms with E-state index in [9.17, 15) is 0 Å². The van der Waals surface area contributed by atoms with Gasteiger partial charge in [0, 0.05) is 28.6 Å².